The summed E-state index contributed by atoms with van der Waals surface area (Å²) in [5, 5.41) is 0. The van der Waals surface area contributed by atoms with E-state index in [9.17, 15) is 4.79 Å². The van der Waals surface area contributed by atoms with Crippen molar-refractivity contribution in [3.05, 3.63) is 0 Å². The Hall–Kier alpha value is -0.240. The summed E-state index contributed by atoms with van der Waals surface area (Å²) >= 11 is 1.89. The number of hydrogen-bond acceptors (Lipinski definition) is 2. The lowest BCUT2D eigenvalue weighted by molar-refractivity contribution is -0.134. The first-order valence-corrected chi connectivity index (χ1v) is 3.03. The molecule has 0 aliphatic carbocycles. The first-order valence-electron chi connectivity index (χ1n) is 1.50. The molecule has 0 rings (SSSR count). The summed E-state index contributed by atoms with van der Waals surface area (Å²) in [5.41, 5.74) is 0. The third-order valence-electron chi connectivity index (χ3n) is 0.303. The highest BCUT2D eigenvalue weighted by molar-refractivity contribution is 14.1. The molecule has 0 heterocycles. The van der Waals surface area contributed by atoms with E-state index in [-0.39, 0.29) is 0 Å². The van der Waals surface area contributed by atoms with Crippen LogP contribution in [0.2, 0.25) is 0 Å². The first kappa shape index (κ1) is 6.76. The van der Waals surface area contributed by atoms with Gasteiger partial charge in [0.2, 0.25) is 0 Å². The molecule has 0 saturated carbocycles. The molecule has 0 radical (unpaired) electrons. The van der Waals surface area contributed by atoms with E-state index in [1.807, 2.05) is 22.6 Å². The van der Waals surface area contributed by atoms with Crippen molar-refractivity contribution >= 4 is 28.6 Å². The van der Waals surface area contributed by atoms with Gasteiger partial charge in [-0.2, -0.15) is 0 Å². The van der Waals surface area contributed by atoms with Crippen LogP contribution in [0.1, 0.15) is 0 Å². The monoisotopic (exact) mass is 210 g/mol. The smallest absolute Gasteiger partial charge is 0.384 e. The number of terminal acetylenes is 1. The molecule has 0 aliphatic heterocycles. The van der Waals surface area contributed by atoms with E-state index in [0.29, 0.717) is 4.61 Å². The van der Waals surface area contributed by atoms with Crippen LogP contribution in [-0.4, -0.2) is 10.6 Å². The maximum atomic E-state index is 9.95. The van der Waals surface area contributed by atoms with Crippen molar-refractivity contribution in [2.75, 3.05) is 4.61 Å². The maximum absolute atomic E-state index is 9.95. The van der Waals surface area contributed by atoms with Gasteiger partial charge in [-0.25, -0.2) is 4.79 Å². The lowest BCUT2D eigenvalue weighted by Crippen LogP contribution is -1.96. The zero-order chi connectivity index (χ0) is 5.70. The molecule has 0 fully saturated rings. The van der Waals surface area contributed by atoms with Gasteiger partial charge in [0, 0.05) is 5.92 Å². The van der Waals surface area contributed by atoms with Crippen LogP contribution in [0.4, 0.5) is 0 Å². The molecule has 0 aromatic rings. The van der Waals surface area contributed by atoms with Gasteiger partial charge in [0.25, 0.3) is 0 Å². The van der Waals surface area contributed by atoms with Crippen molar-refractivity contribution in [2.24, 2.45) is 0 Å². The summed E-state index contributed by atoms with van der Waals surface area (Å²) in [6.07, 6.45) is 4.63. The molecular weight excluding hydrogens is 207 g/mol. The van der Waals surface area contributed by atoms with E-state index in [1.165, 1.54) is 0 Å². The van der Waals surface area contributed by atoms with Crippen molar-refractivity contribution in [3.63, 3.8) is 0 Å². The predicted octanol–water partition coefficient (Wildman–Crippen LogP) is 0.555. The van der Waals surface area contributed by atoms with Crippen molar-refractivity contribution in [1.29, 1.82) is 0 Å². The van der Waals surface area contributed by atoms with E-state index in [2.05, 4.69) is 11.2 Å². The zero-order valence-corrected chi connectivity index (χ0v) is 5.64. The summed E-state index contributed by atoms with van der Waals surface area (Å²) in [7, 11) is 0. The minimum atomic E-state index is -0.602. The molecule has 0 aromatic heterocycles. The van der Waals surface area contributed by atoms with Crippen molar-refractivity contribution < 1.29 is 9.53 Å². The molecule has 0 atom stereocenters. The average molecular weight is 210 g/mol. The Kier molecular flexibility index (Phi) is 3.80. The minimum Gasteiger partial charge on any atom is -0.445 e. The van der Waals surface area contributed by atoms with Crippen LogP contribution in [0.25, 0.3) is 0 Å². The van der Waals surface area contributed by atoms with E-state index in [4.69, 9.17) is 0 Å². The summed E-state index contributed by atoms with van der Waals surface area (Å²) in [4.78, 5) is 9.95. The molecule has 0 amide bonds. The number of hydrogen-bond donors (Lipinski definition) is 0. The summed E-state index contributed by atoms with van der Waals surface area (Å²) in [6, 6.07) is 0. The molecule has 0 aromatic carbocycles. The fraction of sp³-hybridized carbons (Fsp3) is 0.250. The number of rotatable bonds is 1. The highest BCUT2D eigenvalue weighted by atomic mass is 127. The summed E-state index contributed by atoms with van der Waals surface area (Å²) in [5.74, 6) is 1.20. The third kappa shape index (κ3) is 3.59. The lowest BCUT2D eigenvalue weighted by atomic mass is 10.7. The second kappa shape index (κ2) is 3.93. The molecule has 3 heteroatoms. The van der Waals surface area contributed by atoms with Crippen LogP contribution in [0.3, 0.4) is 0 Å². The Morgan fingerprint density at radius 1 is 2.00 bits per heavy atom. The number of ether oxygens (including phenoxy) is 1. The number of esters is 1. The molecule has 7 heavy (non-hydrogen) atoms. The molecule has 0 aliphatic rings. The molecule has 0 N–H and O–H groups in total. The Morgan fingerprint density at radius 2 is 2.57 bits per heavy atom. The third-order valence-corrected chi connectivity index (χ3v) is 0.615. The predicted molar refractivity (Wildman–Crippen MR) is 33.8 cm³/mol. The molecule has 2 nitrogen and oxygen atoms in total. The van der Waals surface area contributed by atoms with E-state index in [0.717, 1.165) is 0 Å². The number of carbonyl (C=O) groups excluding carboxylic acids is 1. The second-order valence-corrected chi connectivity index (χ2v) is 1.31. The van der Waals surface area contributed by atoms with Gasteiger partial charge in [-0.15, -0.1) is 6.42 Å². The van der Waals surface area contributed by atoms with Crippen LogP contribution in [0, 0.1) is 12.3 Å². The quantitative estimate of drug-likeness (QED) is 0.208. The van der Waals surface area contributed by atoms with Crippen LogP contribution in [-0.2, 0) is 9.53 Å². The van der Waals surface area contributed by atoms with Crippen molar-refractivity contribution in [2.45, 2.75) is 0 Å². The average Bonchev–Trinajstić information content (AvgIpc) is 1.68. The standard InChI is InChI=1S/C4H3IO2/c1-2-4(6)7-3-5/h1H,3H2. The molecule has 0 saturated heterocycles. The van der Waals surface area contributed by atoms with Crippen LogP contribution in [0.15, 0.2) is 0 Å². The number of carbonyl (C=O) groups is 1. The maximum Gasteiger partial charge on any atom is 0.384 e. The van der Waals surface area contributed by atoms with E-state index < -0.39 is 5.97 Å². The Balaban J connectivity index is 3.24. The first-order chi connectivity index (χ1) is 3.31. The summed E-state index contributed by atoms with van der Waals surface area (Å²) in [6.45, 7) is 0. The van der Waals surface area contributed by atoms with Crippen molar-refractivity contribution in [3.8, 4) is 12.3 Å². The Bertz CT molecular complexity index is 103. The fourth-order valence-corrected chi connectivity index (χ4v) is 0.374. The topological polar surface area (TPSA) is 26.3 Å². The number of halogens is 1. The minimum absolute atomic E-state index is 0.320. The Labute approximate surface area is 55.4 Å². The van der Waals surface area contributed by atoms with Crippen LogP contribution >= 0.6 is 22.6 Å². The highest BCUT2D eigenvalue weighted by Gasteiger charge is 1.88. The van der Waals surface area contributed by atoms with Crippen molar-refractivity contribution in [1.82, 2.24) is 0 Å². The molecule has 0 bridgehead atoms. The van der Waals surface area contributed by atoms with Gasteiger partial charge in [0.05, 0.1) is 0 Å². The summed E-state index contributed by atoms with van der Waals surface area (Å²) < 4.78 is 4.62. The SMILES string of the molecule is C#CC(=O)OCI. The molecular formula is C4H3IO2. The van der Waals surface area contributed by atoms with Gasteiger partial charge in [-0.1, -0.05) is 0 Å². The number of alkyl halides is 1. The van der Waals surface area contributed by atoms with E-state index in [1.54, 1.807) is 5.92 Å². The molecule has 0 spiro atoms. The molecule has 38 valence electrons. The van der Waals surface area contributed by atoms with Gasteiger partial charge in [0.15, 0.2) is 0 Å². The van der Waals surface area contributed by atoms with Gasteiger partial charge < -0.3 is 4.74 Å². The lowest BCUT2D eigenvalue weighted by Gasteiger charge is -1.87. The molecule has 0 unspecified atom stereocenters. The normalized spacial score (nSPS) is 6.86. The van der Waals surface area contributed by atoms with E-state index >= 15 is 0 Å². The van der Waals surface area contributed by atoms with Crippen LogP contribution < -0.4 is 0 Å². The fourth-order valence-electron chi connectivity index (χ4n) is 0.0912. The second-order valence-electron chi connectivity index (χ2n) is 0.685. The van der Waals surface area contributed by atoms with Gasteiger partial charge >= 0.3 is 5.97 Å². The van der Waals surface area contributed by atoms with Crippen LogP contribution in [0.5, 0.6) is 0 Å². The zero-order valence-electron chi connectivity index (χ0n) is 3.48. The van der Waals surface area contributed by atoms with Gasteiger partial charge in [-0.05, 0) is 22.6 Å². The largest absolute Gasteiger partial charge is 0.445 e. The van der Waals surface area contributed by atoms with Gasteiger partial charge in [-0.3, -0.25) is 0 Å². The van der Waals surface area contributed by atoms with Gasteiger partial charge in [0.1, 0.15) is 4.61 Å². The highest BCUT2D eigenvalue weighted by Crippen LogP contribution is 1.82. The Morgan fingerprint density at radius 3 is 2.71 bits per heavy atom.